The molecule has 0 bridgehead atoms. The zero-order valence-corrected chi connectivity index (χ0v) is 22.6. The van der Waals surface area contributed by atoms with E-state index in [4.69, 9.17) is 42.1 Å². The number of benzene rings is 3. The summed E-state index contributed by atoms with van der Waals surface area (Å²) < 4.78 is 22.5. The predicted molar refractivity (Wildman–Crippen MR) is 143 cm³/mol. The van der Waals surface area contributed by atoms with Gasteiger partial charge in [-0.05, 0) is 69.5 Å². The number of amides is 4. The molecule has 9 nitrogen and oxygen atoms in total. The second kappa shape index (κ2) is 10.6. The summed E-state index contributed by atoms with van der Waals surface area (Å²) in [5.41, 5.74) is 1.21. The zero-order chi connectivity index (χ0) is 27.0. The molecule has 194 valence electrons. The Bertz CT molecular complexity index is 1530. The molecule has 2 aliphatic rings. The fourth-order valence-electron chi connectivity index (χ4n) is 3.83. The number of ether oxygens (including phenoxy) is 4. The van der Waals surface area contributed by atoms with Crippen molar-refractivity contribution in [3.63, 3.8) is 0 Å². The Kier molecular flexibility index (Phi) is 7.20. The molecule has 38 heavy (non-hydrogen) atoms. The molecule has 1 fully saturated rings. The van der Waals surface area contributed by atoms with Crippen molar-refractivity contribution in [2.75, 3.05) is 18.8 Å². The maximum atomic E-state index is 13.3. The smallest absolute Gasteiger partial charge is 0.335 e. The quantitative estimate of drug-likeness (QED) is 0.277. The fraction of sp³-hybridized carbons (Fsp3) is 0.115. The number of halogens is 3. The average Bonchev–Trinajstić information content (AvgIpc) is 3.35. The first-order valence-corrected chi connectivity index (χ1v) is 12.6. The highest BCUT2D eigenvalue weighted by atomic mass is 79.9. The van der Waals surface area contributed by atoms with Crippen molar-refractivity contribution < 1.29 is 33.3 Å². The molecule has 3 aromatic carbocycles. The summed E-state index contributed by atoms with van der Waals surface area (Å²) in [5.74, 6) is -0.00447. The largest absolute Gasteiger partial charge is 0.493 e. The molecule has 0 radical (unpaired) electrons. The van der Waals surface area contributed by atoms with E-state index in [0.717, 1.165) is 10.5 Å². The maximum absolute atomic E-state index is 13.3. The molecular formula is C26H17BrCl2N2O7. The van der Waals surface area contributed by atoms with Gasteiger partial charge < -0.3 is 18.9 Å². The molecule has 0 saturated carbocycles. The lowest BCUT2D eigenvalue weighted by Gasteiger charge is -2.26. The number of nitrogens with zero attached hydrogens (tertiary/aromatic N) is 1. The van der Waals surface area contributed by atoms with Gasteiger partial charge in [0.15, 0.2) is 23.0 Å². The van der Waals surface area contributed by atoms with Gasteiger partial charge in [0.05, 0.1) is 27.3 Å². The minimum Gasteiger partial charge on any atom is -0.493 e. The zero-order valence-electron chi connectivity index (χ0n) is 19.5. The van der Waals surface area contributed by atoms with Crippen molar-refractivity contribution >= 4 is 68.7 Å². The number of carbonyl (C=O) groups is 3. The van der Waals surface area contributed by atoms with Crippen LogP contribution in [-0.2, 0) is 16.2 Å². The normalized spacial score (nSPS) is 15.6. The van der Waals surface area contributed by atoms with Crippen molar-refractivity contribution in [2.24, 2.45) is 0 Å². The number of rotatable bonds is 6. The lowest BCUT2D eigenvalue weighted by atomic mass is 10.1. The third-order valence-electron chi connectivity index (χ3n) is 5.65. The molecule has 4 amide bonds. The van der Waals surface area contributed by atoms with Crippen molar-refractivity contribution in [1.82, 2.24) is 5.32 Å². The molecule has 1 N–H and O–H groups in total. The van der Waals surface area contributed by atoms with Crippen molar-refractivity contribution in [3.8, 4) is 23.0 Å². The van der Waals surface area contributed by atoms with Crippen LogP contribution in [0.3, 0.4) is 0 Å². The Hall–Kier alpha value is -3.73. The SMILES string of the molecule is COc1cc(/C=C2\C(=O)NC(=O)N(c3ccc4c(c3)OCO4)C2=O)cc(Br)c1OCc1ccc(Cl)c(Cl)c1. The first-order valence-electron chi connectivity index (χ1n) is 11.0. The van der Waals surface area contributed by atoms with Crippen LogP contribution in [0.2, 0.25) is 10.0 Å². The van der Waals surface area contributed by atoms with Gasteiger partial charge in [0, 0.05) is 6.07 Å². The Labute approximate surface area is 234 Å². The first-order chi connectivity index (χ1) is 18.2. The van der Waals surface area contributed by atoms with Crippen LogP contribution in [0.25, 0.3) is 6.08 Å². The van der Waals surface area contributed by atoms with Crippen molar-refractivity contribution in [1.29, 1.82) is 0 Å². The van der Waals surface area contributed by atoms with Crippen molar-refractivity contribution in [2.45, 2.75) is 6.61 Å². The first kappa shape index (κ1) is 25.9. The van der Waals surface area contributed by atoms with Crippen LogP contribution in [0.4, 0.5) is 10.5 Å². The summed E-state index contributed by atoms with van der Waals surface area (Å²) in [6.07, 6.45) is 1.36. The lowest BCUT2D eigenvalue weighted by molar-refractivity contribution is -0.122. The van der Waals surface area contributed by atoms with E-state index < -0.39 is 17.8 Å². The van der Waals surface area contributed by atoms with Crippen LogP contribution < -0.4 is 29.2 Å². The summed E-state index contributed by atoms with van der Waals surface area (Å²) in [4.78, 5) is 39.3. The number of fused-ring (bicyclic) bond motifs is 1. The molecule has 0 aliphatic carbocycles. The Balaban J connectivity index is 1.43. The summed E-state index contributed by atoms with van der Waals surface area (Å²) in [6, 6.07) is 12.1. The predicted octanol–water partition coefficient (Wildman–Crippen LogP) is 5.74. The van der Waals surface area contributed by atoms with Gasteiger partial charge in [-0.2, -0.15) is 0 Å². The molecule has 0 atom stereocenters. The number of carbonyl (C=O) groups excluding carboxylic acids is 3. The van der Waals surface area contributed by atoms with Crippen LogP contribution in [0.5, 0.6) is 23.0 Å². The molecular weight excluding hydrogens is 603 g/mol. The highest BCUT2D eigenvalue weighted by molar-refractivity contribution is 9.10. The van der Waals surface area contributed by atoms with Gasteiger partial charge in [0.1, 0.15) is 12.2 Å². The topological polar surface area (TPSA) is 103 Å². The highest BCUT2D eigenvalue weighted by Gasteiger charge is 2.37. The molecule has 3 aromatic rings. The number of anilines is 1. The lowest BCUT2D eigenvalue weighted by Crippen LogP contribution is -2.54. The van der Waals surface area contributed by atoms with E-state index in [1.165, 1.54) is 25.3 Å². The molecule has 12 heteroatoms. The minimum absolute atomic E-state index is 0.0342. The Morgan fingerprint density at radius 3 is 2.58 bits per heavy atom. The standard InChI is InChI=1S/C26H17BrCl2N2O7/c1-35-22-9-14(7-17(27)23(22)36-11-13-2-4-18(28)19(29)8-13)6-16-24(32)30-26(34)31(25(16)33)15-3-5-20-21(10-15)38-12-37-20/h2-10H,11-12H2,1H3,(H,30,32,34)/b16-6+. The van der Waals surface area contributed by atoms with Crippen LogP contribution in [0, 0.1) is 0 Å². The summed E-state index contributed by atoms with van der Waals surface area (Å²) >= 11 is 15.5. The third-order valence-corrected chi connectivity index (χ3v) is 6.97. The van der Waals surface area contributed by atoms with E-state index in [9.17, 15) is 14.4 Å². The van der Waals surface area contributed by atoms with Gasteiger partial charge in [0.2, 0.25) is 6.79 Å². The van der Waals surface area contributed by atoms with E-state index in [2.05, 4.69) is 21.2 Å². The number of urea groups is 1. The highest BCUT2D eigenvalue weighted by Crippen LogP contribution is 2.39. The number of imide groups is 2. The average molecular weight is 620 g/mol. The number of methoxy groups -OCH3 is 1. The molecule has 2 heterocycles. The van der Waals surface area contributed by atoms with E-state index >= 15 is 0 Å². The van der Waals surface area contributed by atoms with Crippen molar-refractivity contribution in [3.05, 3.63) is 79.7 Å². The summed E-state index contributed by atoms with van der Waals surface area (Å²) in [7, 11) is 1.46. The molecule has 0 unspecified atom stereocenters. The number of hydrogen-bond acceptors (Lipinski definition) is 7. The van der Waals surface area contributed by atoms with Gasteiger partial charge in [-0.15, -0.1) is 0 Å². The number of hydrogen-bond donors (Lipinski definition) is 1. The fourth-order valence-corrected chi connectivity index (χ4v) is 4.73. The number of nitrogens with one attached hydrogen (secondary N) is 1. The van der Waals surface area contributed by atoms with Gasteiger partial charge in [-0.25, -0.2) is 9.69 Å². The van der Waals surface area contributed by atoms with Gasteiger partial charge in [0.25, 0.3) is 11.8 Å². The van der Waals surface area contributed by atoms with Gasteiger partial charge in [-0.1, -0.05) is 29.3 Å². The number of barbiturate groups is 1. The molecule has 0 aromatic heterocycles. The van der Waals surface area contributed by atoms with Crippen LogP contribution >= 0.6 is 39.1 Å². The van der Waals surface area contributed by atoms with Crippen LogP contribution in [0.15, 0.2) is 58.6 Å². The Morgan fingerprint density at radius 2 is 1.82 bits per heavy atom. The van der Waals surface area contributed by atoms with E-state index in [1.54, 1.807) is 36.4 Å². The summed E-state index contributed by atoms with van der Waals surface area (Å²) in [6.45, 7) is 0.214. The second-order valence-corrected chi connectivity index (χ2v) is 9.74. The maximum Gasteiger partial charge on any atom is 0.335 e. The monoisotopic (exact) mass is 618 g/mol. The molecule has 2 aliphatic heterocycles. The molecule has 1 saturated heterocycles. The van der Waals surface area contributed by atoms with E-state index in [-0.39, 0.29) is 24.7 Å². The van der Waals surface area contributed by atoms with Gasteiger partial charge >= 0.3 is 6.03 Å². The van der Waals surface area contributed by atoms with Gasteiger partial charge in [-0.3, -0.25) is 14.9 Å². The minimum atomic E-state index is -0.874. The van der Waals surface area contributed by atoms with Crippen LogP contribution in [0.1, 0.15) is 11.1 Å². The Morgan fingerprint density at radius 1 is 1.03 bits per heavy atom. The second-order valence-electron chi connectivity index (χ2n) is 8.07. The van der Waals surface area contributed by atoms with Crippen LogP contribution in [-0.4, -0.2) is 31.7 Å². The molecule has 5 rings (SSSR count). The van der Waals surface area contributed by atoms with E-state index in [1.807, 2.05) is 0 Å². The summed E-state index contributed by atoms with van der Waals surface area (Å²) in [5, 5.41) is 3.04. The molecule has 0 spiro atoms. The van der Waals surface area contributed by atoms with E-state index in [0.29, 0.717) is 43.1 Å². The third kappa shape index (κ3) is 5.02.